The summed E-state index contributed by atoms with van der Waals surface area (Å²) in [5.41, 5.74) is 1.98. The van der Waals surface area contributed by atoms with Gasteiger partial charge >= 0.3 is 0 Å². The van der Waals surface area contributed by atoms with Crippen molar-refractivity contribution in [3.8, 4) is 5.75 Å². The second-order valence-electron chi connectivity index (χ2n) is 8.02. The van der Waals surface area contributed by atoms with E-state index in [0.717, 1.165) is 24.0 Å². The molecule has 2 aliphatic rings. The predicted molar refractivity (Wildman–Crippen MR) is 122 cm³/mol. The van der Waals surface area contributed by atoms with E-state index in [1.807, 2.05) is 38.1 Å². The van der Waals surface area contributed by atoms with Crippen molar-refractivity contribution in [3.05, 3.63) is 69.8 Å². The van der Waals surface area contributed by atoms with E-state index in [1.165, 1.54) is 4.90 Å². The molecular weight excluding hydrogens is 430 g/mol. The smallest absolute Gasteiger partial charge is 0.295 e. The number of rotatable bonds is 6. The number of halogens is 1. The van der Waals surface area contributed by atoms with E-state index >= 15 is 0 Å². The molecule has 1 N–H and O–H groups in total. The number of Topliss-reactive ketones (excluding diaryl/α,β-unsaturated/α-hetero) is 1. The molecule has 0 aromatic heterocycles. The summed E-state index contributed by atoms with van der Waals surface area (Å²) < 4.78 is 11.3. The summed E-state index contributed by atoms with van der Waals surface area (Å²) in [7, 11) is 0. The number of amides is 1. The second kappa shape index (κ2) is 9.35. The minimum atomic E-state index is -0.730. The summed E-state index contributed by atoms with van der Waals surface area (Å²) in [6.45, 7) is 5.14. The molecule has 0 radical (unpaired) electrons. The number of aliphatic hydroxyl groups excluding tert-OH is 1. The highest BCUT2D eigenvalue weighted by Crippen LogP contribution is 2.42. The minimum absolute atomic E-state index is 0.0258. The van der Waals surface area contributed by atoms with E-state index in [9.17, 15) is 14.7 Å². The van der Waals surface area contributed by atoms with E-state index < -0.39 is 17.7 Å². The van der Waals surface area contributed by atoms with Crippen LogP contribution in [0, 0.1) is 6.92 Å². The lowest BCUT2D eigenvalue weighted by molar-refractivity contribution is -0.140. The maximum Gasteiger partial charge on any atom is 0.295 e. The molecule has 2 aromatic rings. The number of benzene rings is 2. The van der Waals surface area contributed by atoms with Gasteiger partial charge < -0.3 is 19.5 Å². The second-order valence-corrected chi connectivity index (χ2v) is 8.42. The van der Waals surface area contributed by atoms with Gasteiger partial charge in [-0.3, -0.25) is 9.59 Å². The van der Waals surface area contributed by atoms with Gasteiger partial charge in [-0.15, -0.1) is 0 Å². The summed E-state index contributed by atoms with van der Waals surface area (Å²) in [5.74, 6) is -1.17. The van der Waals surface area contributed by atoms with Crippen molar-refractivity contribution in [2.75, 3.05) is 19.8 Å². The highest BCUT2D eigenvalue weighted by atomic mass is 35.5. The standard InChI is InChI=1S/C25H26ClNO5/c1-3-31-16-10-11-20(26)19(13-16)23(28)21-22(18-9-5-4-7-15(18)2)27(25(30)24(21)29)14-17-8-6-12-32-17/h4-5,7,9-11,13,17,22,28H,3,6,8,12,14H2,1-2H3/b23-21+. The predicted octanol–water partition coefficient (Wildman–Crippen LogP) is 4.65. The molecule has 0 saturated carbocycles. The Morgan fingerprint density at radius 1 is 1.25 bits per heavy atom. The molecular formula is C25H26ClNO5. The molecule has 32 heavy (non-hydrogen) atoms. The zero-order chi connectivity index (χ0) is 22.8. The molecule has 168 valence electrons. The Bertz CT molecular complexity index is 1070. The van der Waals surface area contributed by atoms with Crippen molar-refractivity contribution in [1.82, 2.24) is 4.90 Å². The lowest BCUT2D eigenvalue weighted by Gasteiger charge is -2.28. The fraction of sp³-hybridized carbons (Fsp3) is 0.360. The number of ether oxygens (including phenoxy) is 2. The molecule has 2 atom stereocenters. The van der Waals surface area contributed by atoms with Crippen molar-refractivity contribution in [2.45, 2.75) is 38.8 Å². The van der Waals surface area contributed by atoms with Gasteiger partial charge in [0, 0.05) is 18.7 Å². The fourth-order valence-corrected chi connectivity index (χ4v) is 4.59. The molecule has 7 heteroatoms. The fourth-order valence-electron chi connectivity index (χ4n) is 4.38. The Balaban J connectivity index is 1.86. The van der Waals surface area contributed by atoms with Gasteiger partial charge in [0.05, 0.1) is 29.3 Å². The van der Waals surface area contributed by atoms with Crippen LogP contribution in [0.1, 0.15) is 42.5 Å². The van der Waals surface area contributed by atoms with Gasteiger partial charge in [-0.25, -0.2) is 0 Å². The molecule has 1 amide bonds. The highest BCUT2D eigenvalue weighted by Gasteiger charge is 2.47. The van der Waals surface area contributed by atoms with Crippen LogP contribution in [0.2, 0.25) is 5.02 Å². The van der Waals surface area contributed by atoms with Crippen LogP contribution in [0.5, 0.6) is 5.75 Å². The summed E-state index contributed by atoms with van der Waals surface area (Å²) in [6, 6.07) is 11.7. The van der Waals surface area contributed by atoms with Crippen LogP contribution >= 0.6 is 11.6 Å². The van der Waals surface area contributed by atoms with Crippen LogP contribution in [0.4, 0.5) is 0 Å². The maximum absolute atomic E-state index is 13.2. The van der Waals surface area contributed by atoms with Crippen LogP contribution < -0.4 is 4.74 Å². The first-order valence-corrected chi connectivity index (χ1v) is 11.2. The Kier molecular flexibility index (Phi) is 6.53. The van der Waals surface area contributed by atoms with Crippen LogP contribution in [0.3, 0.4) is 0 Å². The first-order valence-electron chi connectivity index (χ1n) is 10.8. The van der Waals surface area contributed by atoms with Gasteiger partial charge in [0.15, 0.2) is 0 Å². The molecule has 0 aliphatic carbocycles. The normalized spacial score (nSPS) is 22.5. The molecule has 2 unspecified atom stereocenters. The van der Waals surface area contributed by atoms with Crippen LogP contribution in [-0.4, -0.2) is 47.6 Å². The molecule has 0 bridgehead atoms. The highest BCUT2D eigenvalue weighted by molar-refractivity contribution is 6.47. The Morgan fingerprint density at radius 2 is 2.03 bits per heavy atom. The number of carbonyl (C=O) groups excluding carboxylic acids is 2. The first-order chi connectivity index (χ1) is 15.4. The first kappa shape index (κ1) is 22.4. The molecule has 2 saturated heterocycles. The number of carbonyl (C=O) groups is 2. The summed E-state index contributed by atoms with van der Waals surface area (Å²) in [5, 5.41) is 11.6. The lowest BCUT2D eigenvalue weighted by atomic mass is 9.92. The van der Waals surface area contributed by atoms with E-state index in [1.54, 1.807) is 18.2 Å². The lowest BCUT2D eigenvalue weighted by Crippen LogP contribution is -2.36. The molecule has 0 spiro atoms. The minimum Gasteiger partial charge on any atom is -0.507 e. The number of hydrogen-bond donors (Lipinski definition) is 1. The molecule has 4 rings (SSSR count). The summed E-state index contributed by atoms with van der Waals surface area (Å²) in [6.07, 6.45) is 1.61. The number of ketones is 1. The van der Waals surface area contributed by atoms with Gasteiger partial charge in [-0.1, -0.05) is 35.9 Å². The zero-order valence-corrected chi connectivity index (χ0v) is 18.9. The molecule has 6 nitrogen and oxygen atoms in total. The third-order valence-corrected chi connectivity index (χ3v) is 6.28. The van der Waals surface area contributed by atoms with E-state index in [2.05, 4.69) is 0 Å². The third kappa shape index (κ3) is 4.12. The SMILES string of the molecule is CCOc1ccc(Cl)c(/C(O)=C2\C(=O)C(=O)N(CC3CCCO3)C2c2ccccc2C)c1. The molecule has 2 aliphatic heterocycles. The monoisotopic (exact) mass is 455 g/mol. The van der Waals surface area contributed by atoms with Crippen LogP contribution in [0.25, 0.3) is 5.76 Å². The van der Waals surface area contributed by atoms with Gasteiger partial charge in [-0.05, 0) is 56.0 Å². The van der Waals surface area contributed by atoms with Gasteiger partial charge in [-0.2, -0.15) is 0 Å². The quantitative estimate of drug-likeness (QED) is 0.390. The zero-order valence-electron chi connectivity index (χ0n) is 18.1. The van der Waals surface area contributed by atoms with Gasteiger partial charge in [0.25, 0.3) is 11.7 Å². The number of aryl methyl sites for hydroxylation is 1. The van der Waals surface area contributed by atoms with Crippen molar-refractivity contribution in [3.63, 3.8) is 0 Å². The average molecular weight is 456 g/mol. The summed E-state index contributed by atoms with van der Waals surface area (Å²) in [4.78, 5) is 27.8. The molecule has 2 aromatic carbocycles. The summed E-state index contributed by atoms with van der Waals surface area (Å²) >= 11 is 6.37. The van der Waals surface area contributed by atoms with Crippen molar-refractivity contribution < 1.29 is 24.2 Å². The Hall–Kier alpha value is -2.83. The Morgan fingerprint density at radius 3 is 2.72 bits per heavy atom. The topological polar surface area (TPSA) is 76.1 Å². The number of likely N-dealkylation sites (tertiary alicyclic amines) is 1. The largest absolute Gasteiger partial charge is 0.507 e. The van der Waals surface area contributed by atoms with Crippen molar-refractivity contribution in [1.29, 1.82) is 0 Å². The number of hydrogen-bond acceptors (Lipinski definition) is 5. The number of aliphatic hydroxyl groups is 1. The molecule has 2 fully saturated rings. The van der Waals surface area contributed by atoms with Crippen LogP contribution in [-0.2, 0) is 14.3 Å². The van der Waals surface area contributed by atoms with Crippen molar-refractivity contribution in [2.24, 2.45) is 0 Å². The van der Waals surface area contributed by atoms with Gasteiger partial charge in [0.1, 0.15) is 11.5 Å². The Labute approximate surface area is 192 Å². The van der Waals surface area contributed by atoms with Gasteiger partial charge in [0.2, 0.25) is 0 Å². The number of nitrogens with zero attached hydrogens (tertiary/aromatic N) is 1. The maximum atomic E-state index is 13.2. The van der Waals surface area contributed by atoms with E-state index in [4.69, 9.17) is 21.1 Å². The van der Waals surface area contributed by atoms with E-state index in [0.29, 0.717) is 19.0 Å². The van der Waals surface area contributed by atoms with Crippen molar-refractivity contribution >= 4 is 29.1 Å². The van der Waals surface area contributed by atoms with E-state index in [-0.39, 0.29) is 34.6 Å². The average Bonchev–Trinajstić information content (AvgIpc) is 3.38. The molecule has 2 heterocycles. The third-order valence-electron chi connectivity index (χ3n) is 5.95. The van der Waals surface area contributed by atoms with Crippen LogP contribution in [0.15, 0.2) is 48.0 Å².